The minimum absolute atomic E-state index is 0. The Kier molecular flexibility index (Phi) is 4.76. The summed E-state index contributed by atoms with van der Waals surface area (Å²) in [5.41, 5.74) is 2.53. The van der Waals surface area contributed by atoms with Crippen LogP contribution in [0.25, 0.3) is 0 Å². The highest BCUT2D eigenvalue weighted by Crippen LogP contribution is 2.43. The Bertz CT molecular complexity index is 481. The summed E-state index contributed by atoms with van der Waals surface area (Å²) in [4.78, 5) is 2.39. The van der Waals surface area contributed by atoms with Crippen LogP contribution < -0.4 is 0 Å². The Labute approximate surface area is 130 Å². The van der Waals surface area contributed by atoms with Crippen molar-refractivity contribution in [3.8, 4) is 0 Å². The second-order valence-corrected chi connectivity index (χ2v) is 5.69. The molecule has 1 fully saturated rings. The van der Waals surface area contributed by atoms with Gasteiger partial charge in [-0.05, 0) is 42.9 Å². The molecule has 110 valence electrons. The third-order valence-corrected chi connectivity index (χ3v) is 4.53. The lowest BCUT2D eigenvalue weighted by Gasteiger charge is -2.43. The van der Waals surface area contributed by atoms with Crippen LogP contribution in [-0.2, 0) is 0 Å². The minimum Gasteiger partial charge on any atom is -0.510 e. The Morgan fingerprint density at radius 3 is 2.95 bits per heavy atom. The topological polar surface area (TPSA) is 43.7 Å². The molecule has 20 heavy (non-hydrogen) atoms. The van der Waals surface area contributed by atoms with E-state index in [2.05, 4.69) is 17.6 Å². The van der Waals surface area contributed by atoms with Crippen molar-refractivity contribution in [2.24, 2.45) is 11.8 Å². The van der Waals surface area contributed by atoms with E-state index in [1.807, 2.05) is 12.2 Å². The van der Waals surface area contributed by atoms with Crippen LogP contribution in [0.1, 0.15) is 19.3 Å². The average Bonchev–Trinajstić information content (AvgIpc) is 2.42. The summed E-state index contributed by atoms with van der Waals surface area (Å²) in [6.45, 7) is 5.82. The van der Waals surface area contributed by atoms with E-state index in [9.17, 15) is 10.2 Å². The molecule has 1 heterocycles. The van der Waals surface area contributed by atoms with Gasteiger partial charge >= 0.3 is 0 Å². The highest BCUT2D eigenvalue weighted by molar-refractivity contribution is 8.93. The number of fused-ring (bicyclic) bond motifs is 2. The van der Waals surface area contributed by atoms with E-state index >= 15 is 0 Å². The van der Waals surface area contributed by atoms with Crippen LogP contribution in [0.2, 0.25) is 0 Å². The van der Waals surface area contributed by atoms with Crippen LogP contribution in [0, 0.1) is 11.8 Å². The van der Waals surface area contributed by atoms with Crippen molar-refractivity contribution in [2.75, 3.05) is 13.1 Å². The predicted molar refractivity (Wildman–Crippen MR) is 85.8 cm³/mol. The van der Waals surface area contributed by atoms with Gasteiger partial charge in [0.05, 0.1) is 0 Å². The average molecular weight is 340 g/mol. The van der Waals surface area contributed by atoms with Gasteiger partial charge in [-0.3, -0.25) is 0 Å². The SMILES string of the molecule is Br.C=CCN1CCC[C@@H]2CC3C(=CC=C(O)C3O)C=C21. The lowest BCUT2D eigenvalue weighted by molar-refractivity contribution is 0.0891. The Balaban J connectivity index is 0.00000147. The number of aliphatic hydroxyl groups is 2. The van der Waals surface area contributed by atoms with Gasteiger partial charge in [-0.15, -0.1) is 23.6 Å². The molecule has 3 atom stereocenters. The number of hydrogen-bond acceptors (Lipinski definition) is 3. The third kappa shape index (κ3) is 2.59. The number of nitrogens with zero attached hydrogens (tertiary/aromatic N) is 1. The molecular formula is C16H22BrNO2. The molecule has 1 saturated heterocycles. The highest BCUT2D eigenvalue weighted by atomic mass is 79.9. The molecular weight excluding hydrogens is 318 g/mol. The summed E-state index contributed by atoms with van der Waals surface area (Å²) >= 11 is 0. The maximum Gasteiger partial charge on any atom is 0.121 e. The first-order valence-electron chi connectivity index (χ1n) is 7.07. The lowest BCUT2D eigenvalue weighted by atomic mass is 9.73. The number of allylic oxidation sites excluding steroid dienone is 4. The Morgan fingerprint density at radius 2 is 2.20 bits per heavy atom. The summed E-state index contributed by atoms with van der Waals surface area (Å²) < 4.78 is 0. The largest absolute Gasteiger partial charge is 0.510 e. The van der Waals surface area contributed by atoms with Crippen LogP contribution in [0.3, 0.4) is 0 Å². The van der Waals surface area contributed by atoms with Gasteiger partial charge in [0.1, 0.15) is 11.9 Å². The van der Waals surface area contributed by atoms with Crippen molar-refractivity contribution in [2.45, 2.75) is 25.4 Å². The normalized spacial score (nSPS) is 31.9. The molecule has 0 saturated carbocycles. The standard InChI is InChI=1S/C16H21NO2.BrH/c1-2-7-17-8-3-4-12-9-13-11(10-14(12)17)5-6-15(18)16(13)19;/h2,5-6,10,12-13,16,18-19H,1,3-4,7-9H2;1H/t12-,13?,16?;/m1./s1. The third-order valence-electron chi connectivity index (χ3n) is 4.53. The summed E-state index contributed by atoms with van der Waals surface area (Å²) in [6, 6.07) is 0. The molecule has 0 amide bonds. The quantitative estimate of drug-likeness (QED) is 0.759. The van der Waals surface area contributed by atoms with Gasteiger partial charge in [0.15, 0.2) is 0 Å². The smallest absolute Gasteiger partial charge is 0.121 e. The molecule has 0 aromatic rings. The first-order chi connectivity index (χ1) is 9.20. The second-order valence-electron chi connectivity index (χ2n) is 5.69. The molecule has 3 nitrogen and oxygen atoms in total. The van der Waals surface area contributed by atoms with E-state index in [4.69, 9.17) is 0 Å². The van der Waals surface area contributed by atoms with Crippen molar-refractivity contribution >= 4 is 17.0 Å². The molecule has 1 aliphatic heterocycles. The van der Waals surface area contributed by atoms with Gasteiger partial charge in [-0.1, -0.05) is 12.2 Å². The lowest BCUT2D eigenvalue weighted by Crippen LogP contribution is -2.39. The first kappa shape index (κ1) is 15.4. The predicted octanol–water partition coefficient (Wildman–Crippen LogP) is 3.11. The zero-order valence-electron chi connectivity index (χ0n) is 11.5. The van der Waals surface area contributed by atoms with E-state index < -0.39 is 6.10 Å². The van der Waals surface area contributed by atoms with E-state index in [-0.39, 0.29) is 28.7 Å². The number of hydrogen-bond donors (Lipinski definition) is 2. The van der Waals surface area contributed by atoms with E-state index in [0.717, 1.165) is 25.1 Å². The maximum absolute atomic E-state index is 10.1. The van der Waals surface area contributed by atoms with Gasteiger partial charge in [-0.25, -0.2) is 0 Å². The molecule has 0 bridgehead atoms. The zero-order chi connectivity index (χ0) is 13.4. The second kappa shape index (κ2) is 6.19. The van der Waals surface area contributed by atoms with E-state index in [1.54, 1.807) is 6.08 Å². The molecule has 0 radical (unpaired) electrons. The summed E-state index contributed by atoms with van der Waals surface area (Å²) in [5, 5.41) is 19.8. The molecule has 3 rings (SSSR count). The fourth-order valence-electron chi connectivity index (χ4n) is 3.55. The van der Waals surface area contributed by atoms with Crippen molar-refractivity contribution in [1.82, 2.24) is 4.90 Å². The Hall–Kier alpha value is -1.00. The van der Waals surface area contributed by atoms with Crippen molar-refractivity contribution in [3.63, 3.8) is 0 Å². The number of rotatable bonds is 2. The van der Waals surface area contributed by atoms with E-state index in [0.29, 0.717) is 5.92 Å². The number of halogens is 1. The Morgan fingerprint density at radius 1 is 1.40 bits per heavy atom. The van der Waals surface area contributed by atoms with Gasteiger partial charge in [0.25, 0.3) is 0 Å². The molecule has 3 aliphatic rings. The van der Waals surface area contributed by atoms with Crippen LogP contribution in [0.15, 0.2) is 47.9 Å². The molecule has 4 heteroatoms. The van der Waals surface area contributed by atoms with Crippen LogP contribution in [0.5, 0.6) is 0 Å². The van der Waals surface area contributed by atoms with Crippen LogP contribution in [0.4, 0.5) is 0 Å². The fourth-order valence-corrected chi connectivity index (χ4v) is 3.55. The molecule has 0 spiro atoms. The fraction of sp³-hybridized carbons (Fsp3) is 0.500. The zero-order valence-corrected chi connectivity index (χ0v) is 13.2. The van der Waals surface area contributed by atoms with Crippen molar-refractivity contribution < 1.29 is 10.2 Å². The van der Waals surface area contributed by atoms with Crippen LogP contribution >= 0.6 is 17.0 Å². The first-order valence-corrected chi connectivity index (χ1v) is 7.07. The summed E-state index contributed by atoms with van der Waals surface area (Å²) in [5.74, 6) is 0.670. The molecule has 0 aromatic carbocycles. The van der Waals surface area contributed by atoms with E-state index in [1.165, 1.54) is 18.5 Å². The molecule has 0 aromatic heterocycles. The van der Waals surface area contributed by atoms with Gasteiger partial charge in [0.2, 0.25) is 0 Å². The number of aliphatic hydroxyl groups excluding tert-OH is 2. The van der Waals surface area contributed by atoms with Gasteiger partial charge in [0, 0.05) is 24.7 Å². The monoisotopic (exact) mass is 339 g/mol. The van der Waals surface area contributed by atoms with Gasteiger partial charge in [-0.2, -0.15) is 0 Å². The van der Waals surface area contributed by atoms with Gasteiger partial charge < -0.3 is 15.1 Å². The number of piperidine rings is 1. The molecule has 2 N–H and O–H groups in total. The highest BCUT2D eigenvalue weighted by Gasteiger charge is 2.37. The molecule has 2 unspecified atom stereocenters. The van der Waals surface area contributed by atoms with Crippen molar-refractivity contribution in [3.05, 3.63) is 47.9 Å². The maximum atomic E-state index is 10.1. The number of likely N-dealkylation sites (tertiary alicyclic amines) is 1. The van der Waals surface area contributed by atoms with Crippen LogP contribution in [-0.4, -0.2) is 34.3 Å². The minimum atomic E-state index is -0.729. The van der Waals surface area contributed by atoms with Crippen molar-refractivity contribution in [1.29, 1.82) is 0 Å². The summed E-state index contributed by atoms with van der Waals surface area (Å²) in [7, 11) is 0. The summed E-state index contributed by atoms with van der Waals surface area (Å²) in [6.07, 6.45) is 10.3. The molecule has 2 aliphatic carbocycles.